The number of benzene rings is 1. The van der Waals surface area contributed by atoms with Crippen LogP contribution in [-0.4, -0.2) is 35.1 Å². The number of pyridine rings is 1. The van der Waals surface area contributed by atoms with Crippen molar-refractivity contribution < 1.29 is 28.3 Å². The fraction of sp³-hybridized carbons (Fsp3) is 0.0714. The Bertz CT molecular complexity index is 985. The van der Waals surface area contributed by atoms with E-state index >= 15 is 0 Å². The molecule has 0 saturated carbocycles. The molecule has 0 atom stereocenters. The van der Waals surface area contributed by atoms with Crippen molar-refractivity contribution in [3.05, 3.63) is 52.5 Å². The van der Waals surface area contributed by atoms with Crippen LogP contribution in [0.2, 0.25) is 0 Å². The zero-order valence-corrected chi connectivity index (χ0v) is 12.5. The third kappa shape index (κ3) is 3.11. The van der Waals surface area contributed by atoms with Crippen LogP contribution in [0.4, 0.5) is 18.9 Å². The molecule has 3 rings (SSSR count). The van der Waals surface area contributed by atoms with Gasteiger partial charge in [-0.15, -0.1) is 9.90 Å². The summed E-state index contributed by atoms with van der Waals surface area (Å²) in [6.45, 7) is 0. The first-order chi connectivity index (χ1) is 12.2. The van der Waals surface area contributed by atoms with Crippen LogP contribution < -0.4 is 0 Å². The molecule has 2 heterocycles. The van der Waals surface area contributed by atoms with Gasteiger partial charge in [0.25, 0.3) is 0 Å². The Kier molecular flexibility index (Phi) is 3.94. The number of phenolic OH excluding ortho intramolecular Hbond substituents is 2. The fourth-order valence-corrected chi connectivity index (χ4v) is 2.08. The number of hydrogen-bond acceptors (Lipinski definition) is 7. The smallest absolute Gasteiger partial charge is 0.433 e. The topological polar surface area (TPSA) is 127 Å². The van der Waals surface area contributed by atoms with Gasteiger partial charge in [-0.2, -0.15) is 18.3 Å². The average molecular weight is 367 g/mol. The molecule has 12 heteroatoms. The third-order valence-electron chi connectivity index (χ3n) is 3.32. The van der Waals surface area contributed by atoms with Crippen molar-refractivity contribution in [2.45, 2.75) is 6.18 Å². The van der Waals surface area contributed by atoms with E-state index in [4.69, 9.17) is 0 Å². The van der Waals surface area contributed by atoms with E-state index in [-0.39, 0.29) is 16.9 Å². The van der Waals surface area contributed by atoms with Crippen molar-refractivity contribution in [2.24, 2.45) is 0 Å². The van der Waals surface area contributed by atoms with Crippen molar-refractivity contribution in [3.63, 3.8) is 0 Å². The zero-order valence-electron chi connectivity index (χ0n) is 12.5. The zero-order chi connectivity index (χ0) is 19.1. The molecule has 2 N–H and O–H groups in total. The third-order valence-corrected chi connectivity index (χ3v) is 3.32. The van der Waals surface area contributed by atoms with E-state index in [0.717, 1.165) is 35.3 Å². The van der Waals surface area contributed by atoms with Crippen molar-refractivity contribution >= 4 is 5.69 Å². The summed E-state index contributed by atoms with van der Waals surface area (Å²) in [5.41, 5.74) is -1.51. The minimum Gasteiger partial charge on any atom is -0.504 e. The van der Waals surface area contributed by atoms with Crippen molar-refractivity contribution in [1.82, 2.24) is 20.0 Å². The Morgan fingerprint density at radius 2 is 1.88 bits per heavy atom. The Morgan fingerprint density at radius 1 is 1.15 bits per heavy atom. The van der Waals surface area contributed by atoms with E-state index in [1.807, 2.05) is 0 Å². The minimum absolute atomic E-state index is 0.0816. The van der Waals surface area contributed by atoms with Crippen LogP contribution >= 0.6 is 0 Å². The van der Waals surface area contributed by atoms with Crippen LogP contribution in [0.15, 0.2) is 36.7 Å². The van der Waals surface area contributed by atoms with Crippen LogP contribution in [0, 0.1) is 10.1 Å². The first kappa shape index (κ1) is 17.1. The lowest BCUT2D eigenvalue weighted by Gasteiger charge is -2.05. The molecule has 26 heavy (non-hydrogen) atoms. The number of alkyl halides is 3. The van der Waals surface area contributed by atoms with Crippen molar-refractivity contribution in [1.29, 1.82) is 0 Å². The van der Waals surface area contributed by atoms with Gasteiger partial charge in [0.1, 0.15) is 17.1 Å². The monoisotopic (exact) mass is 367 g/mol. The number of aromatic nitrogens is 4. The molecule has 9 nitrogen and oxygen atoms in total. The summed E-state index contributed by atoms with van der Waals surface area (Å²) >= 11 is 0. The Hall–Kier alpha value is -3.70. The molecule has 0 unspecified atom stereocenters. The lowest BCUT2D eigenvalue weighted by atomic mass is 10.1. The molecule has 0 spiro atoms. The van der Waals surface area contributed by atoms with Gasteiger partial charge >= 0.3 is 11.9 Å². The van der Waals surface area contributed by atoms with Gasteiger partial charge in [-0.3, -0.25) is 10.1 Å². The molecular formula is C14H8F3N5O4. The summed E-state index contributed by atoms with van der Waals surface area (Å²) in [6, 6.07) is 3.89. The minimum atomic E-state index is -4.58. The number of nitro groups is 1. The number of aromatic hydroxyl groups is 2. The van der Waals surface area contributed by atoms with E-state index in [2.05, 4.69) is 15.2 Å². The molecule has 0 bridgehead atoms. The van der Waals surface area contributed by atoms with Crippen LogP contribution in [0.5, 0.6) is 11.5 Å². The molecule has 0 aliphatic carbocycles. The summed E-state index contributed by atoms with van der Waals surface area (Å²) in [6.07, 6.45) is -2.47. The maximum Gasteiger partial charge on any atom is 0.433 e. The number of nitrogens with zero attached hydrogens (tertiary/aromatic N) is 5. The first-order valence-electron chi connectivity index (χ1n) is 6.83. The number of nitro benzene ring substituents is 1. The summed E-state index contributed by atoms with van der Waals surface area (Å²) in [4.78, 5) is 14.3. The van der Waals surface area contributed by atoms with Gasteiger partial charge in [0.15, 0.2) is 5.75 Å². The van der Waals surface area contributed by atoms with Gasteiger partial charge in [-0.25, -0.2) is 4.98 Å². The molecule has 2 aromatic heterocycles. The van der Waals surface area contributed by atoms with Crippen molar-refractivity contribution in [3.8, 4) is 28.4 Å². The van der Waals surface area contributed by atoms with E-state index in [0.29, 0.717) is 0 Å². The highest BCUT2D eigenvalue weighted by molar-refractivity contribution is 5.69. The molecule has 0 fully saturated rings. The van der Waals surface area contributed by atoms with E-state index in [9.17, 15) is 33.5 Å². The number of phenols is 2. The molecule has 3 aromatic rings. The molecule has 0 amide bonds. The van der Waals surface area contributed by atoms with E-state index in [1.54, 1.807) is 0 Å². The molecule has 0 saturated heterocycles. The number of hydrogen-bond donors (Lipinski definition) is 2. The van der Waals surface area contributed by atoms with Gasteiger partial charge in [0.2, 0.25) is 5.75 Å². The maximum atomic E-state index is 12.5. The Morgan fingerprint density at radius 3 is 2.46 bits per heavy atom. The number of rotatable bonds is 3. The normalized spacial score (nSPS) is 11.5. The van der Waals surface area contributed by atoms with E-state index < -0.39 is 34.0 Å². The van der Waals surface area contributed by atoms with Crippen LogP contribution in [0.3, 0.4) is 0 Å². The van der Waals surface area contributed by atoms with Crippen LogP contribution in [0.25, 0.3) is 16.9 Å². The maximum absolute atomic E-state index is 12.5. The highest BCUT2D eigenvalue weighted by Gasteiger charge is 2.32. The Labute approximate surface area is 142 Å². The predicted octanol–water partition coefficient (Wildman–Crippen LogP) is 2.67. The average Bonchev–Trinajstić information content (AvgIpc) is 3.06. The van der Waals surface area contributed by atoms with Gasteiger partial charge in [-0.1, -0.05) is 0 Å². The van der Waals surface area contributed by atoms with Crippen LogP contribution in [0.1, 0.15) is 5.69 Å². The van der Waals surface area contributed by atoms with Gasteiger partial charge < -0.3 is 10.2 Å². The van der Waals surface area contributed by atoms with Gasteiger partial charge in [0.05, 0.1) is 17.3 Å². The van der Waals surface area contributed by atoms with Crippen molar-refractivity contribution in [2.75, 3.05) is 0 Å². The lowest BCUT2D eigenvalue weighted by molar-refractivity contribution is -0.385. The highest BCUT2D eigenvalue weighted by Crippen LogP contribution is 2.38. The summed E-state index contributed by atoms with van der Waals surface area (Å²) in [5, 5.41) is 37.8. The Balaban J connectivity index is 1.97. The highest BCUT2D eigenvalue weighted by atomic mass is 19.4. The summed E-state index contributed by atoms with van der Waals surface area (Å²) in [7, 11) is 0. The molecule has 0 radical (unpaired) electrons. The largest absolute Gasteiger partial charge is 0.504 e. The quantitative estimate of drug-likeness (QED) is 0.414. The molecule has 0 aliphatic heterocycles. The SMILES string of the molecule is O=[N+]([O-])c1cc(-c2cnn(-c3ccc(C(F)(F)F)nc3)n2)cc(O)c1O. The lowest BCUT2D eigenvalue weighted by Crippen LogP contribution is -2.08. The molecule has 1 aromatic carbocycles. The van der Waals surface area contributed by atoms with E-state index in [1.165, 1.54) is 6.20 Å². The standard InChI is InChI=1S/C14H8F3N5O4/c15-14(16,17)12-2-1-8(5-18-12)21-19-6-9(20-21)7-3-10(22(25)26)13(24)11(23)4-7/h1-6,23-24H. The van der Waals surface area contributed by atoms with Gasteiger partial charge in [-0.05, 0) is 18.2 Å². The van der Waals surface area contributed by atoms with Gasteiger partial charge in [0, 0.05) is 11.6 Å². The first-order valence-corrected chi connectivity index (χ1v) is 6.83. The number of halogens is 3. The fourth-order valence-electron chi connectivity index (χ4n) is 2.08. The molecule has 0 aliphatic rings. The molecule has 134 valence electrons. The summed E-state index contributed by atoms with van der Waals surface area (Å²) < 4.78 is 37.6. The second-order valence-electron chi connectivity index (χ2n) is 5.04. The summed E-state index contributed by atoms with van der Waals surface area (Å²) in [5.74, 6) is -1.61. The van der Waals surface area contributed by atoms with Crippen LogP contribution in [-0.2, 0) is 6.18 Å². The second-order valence-corrected chi connectivity index (χ2v) is 5.04. The molecular weight excluding hydrogens is 359 g/mol. The predicted molar refractivity (Wildman–Crippen MR) is 79.6 cm³/mol. The second kappa shape index (κ2) is 5.98.